The lowest BCUT2D eigenvalue weighted by Gasteiger charge is -2.25. The van der Waals surface area contributed by atoms with E-state index in [1.165, 1.54) is 0 Å². The quantitative estimate of drug-likeness (QED) is 0.386. The number of amides is 1. The van der Waals surface area contributed by atoms with Gasteiger partial charge < -0.3 is 9.15 Å². The monoisotopic (exact) mass is 439 g/mol. The SMILES string of the molecule is CCCOc1cccc(C2c3c(oc4ccc(C)cc4c3=O)C(=O)N2c2ccc(C)cc2)c1. The normalized spacial score (nSPS) is 15.2. The van der Waals surface area contributed by atoms with Gasteiger partial charge in [-0.1, -0.05) is 48.4 Å². The van der Waals surface area contributed by atoms with Gasteiger partial charge in [0, 0.05) is 5.69 Å². The Balaban J connectivity index is 1.76. The van der Waals surface area contributed by atoms with Gasteiger partial charge in [0.15, 0.2) is 5.43 Å². The second kappa shape index (κ2) is 8.24. The standard InChI is InChI=1S/C28H25NO4/c1-4-14-32-21-7-5-6-19(16-21)25-24-26(30)22-15-18(3)10-13-23(22)33-27(24)28(31)29(25)20-11-8-17(2)9-12-20/h5-13,15-16,25H,4,14H2,1-3H3. The van der Waals surface area contributed by atoms with Gasteiger partial charge in [-0.3, -0.25) is 14.5 Å². The van der Waals surface area contributed by atoms with Crippen molar-refractivity contribution in [2.75, 3.05) is 11.5 Å². The van der Waals surface area contributed by atoms with Gasteiger partial charge in [-0.2, -0.15) is 0 Å². The zero-order valence-corrected chi connectivity index (χ0v) is 18.9. The van der Waals surface area contributed by atoms with Crippen molar-refractivity contribution in [3.63, 3.8) is 0 Å². The summed E-state index contributed by atoms with van der Waals surface area (Å²) >= 11 is 0. The number of anilines is 1. The molecule has 0 aliphatic carbocycles. The van der Waals surface area contributed by atoms with Crippen molar-refractivity contribution in [1.82, 2.24) is 0 Å². The number of aryl methyl sites for hydroxylation is 2. The van der Waals surface area contributed by atoms with Gasteiger partial charge in [0.2, 0.25) is 5.76 Å². The average molecular weight is 440 g/mol. The van der Waals surface area contributed by atoms with Crippen molar-refractivity contribution >= 4 is 22.6 Å². The zero-order chi connectivity index (χ0) is 23.1. The molecular formula is C28H25NO4. The largest absolute Gasteiger partial charge is 0.494 e. The van der Waals surface area contributed by atoms with E-state index in [0.717, 1.165) is 23.1 Å². The molecule has 0 radical (unpaired) electrons. The molecular weight excluding hydrogens is 414 g/mol. The van der Waals surface area contributed by atoms with E-state index >= 15 is 0 Å². The van der Waals surface area contributed by atoms with Gasteiger partial charge in [0.25, 0.3) is 5.91 Å². The third-order valence-electron chi connectivity index (χ3n) is 5.98. The fourth-order valence-electron chi connectivity index (χ4n) is 4.37. The summed E-state index contributed by atoms with van der Waals surface area (Å²) in [5.74, 6) is 0.486. The molecule has 0 spiro atoms. The Labute approximate surface area is 192 Å². The molecule has 0 fully saturated rings. The second-order valence-corrected chi connectivity index (χ2v) is 8.51. The number of hydrogen-bond acceptors (Lipinski definition) is 4. The first-order valence-electron chi connectivity index (χ1n) is 11.2. The molecule has 1 aromatic heterocycles. The molecule has 1 aliphatic heterocycles. The first-order chi connectivity index (χ1) is 16.0. The number of carbonyl (C=O) groups excluding carboxylic acids is 1. The minimum Gasteiger partial charge on any atom is -0.494 e. The van der Waals surface area contributed by atoms with Gasteiger partial charge >= 0.3 is 0 Å². The molecule has 166 valence electrons. The number of carbonyl (C=O) groups is 1. The maximum Gasteiger partial charge on any atom is 0.295 e. The summed E-state index contributed by atoms with van der Waals surface area (Å²) in [5.41, 5.74) is 4.17. The van der Waals surface area contributed by atoms with Crippen LogP contribution in [0.5, 0.6) is 5.75 Å². The van der Waals surface area contributed by atoms with Crippen molar-refractivity contribution in [1.29, 1.82) is 0 Å². The Kier molecular flexibility index (Phi) is 5.25. The zero-order valence-electron chi connectivity index (χ0n) is 18.9. The Bertz CT molecular complexity index is 1420. The number of nitrogens with zero attached hydrogens (tertiary/aromatic N) is 1. The summed E-state index contributed by atoms with van der Waals surface area (Å²) in [6, 6.07) is 20.2. The molecule has 4 aromatic rings. The lowest BCUT2D eigenvalue weighted by molar-refractivity contribution is 0.0971. The molecule has 0 N–H and O–H groups in total. The summed E-state index contributed by atoms with van der Waals surface area (Å²) in [5, 5.41) is 0.482. The second-order valence-electron chi connectivity index (χ2n) is 8.51. The lowest BCUT2D eigenvalue weighted by atomic mass is 9.97. The van der Waals surface area contributed by atoms with Crippen LogP contribution in [0.4, 0.5) is 5.69 Å². The van der Waals surface area contributed by atoms with Crippen LogP contribution in [0.25, 0.3) is 11.0 Å². The predicted octanol–water partition coefficient (Wildman–Crippen LogP) is 5.95. The van der Waals surface area contributed by atoms with Gasteiger partial charge in [-0.15, -0.1) is 0 Å². The minimum atomic E-state index is -0.610. The molecule has 2 heterocycles. The third-order valence-corrected chi connectivity index (χ3v) is 5.98. The first kappa shape index (κ1) is 21.0. The molecule has 0 saturated carbocycles. The van der Waals surface area contributed by atoms with Crippen LogP contribution >= 0.6 is 0 Å². The van der Waals surface area contributed by atoms with Gasteiger partial charge in [0.1, 0.15) is 11.3 Å². The topological polar surface area (TPSA) is 59.8 Å². The fraction of sp³-hybridized carbons (Fsp3) is 0.214. The minimum absolute atomic E-state index is 0.0989. The van der Waals surface area contributed by atoms with Crippen molar-refractivity contribution < 1.29 is 13.9 Å². The number of rotatable bonds is 5. The van der Waals surface area contributed by atoms with Crippen LogP contribution in [0.1, 0.15) is 52.2 Å². The van der Waals surface area contributed by atoms with E-state index in [2.05, 4.69) is 0 Å². The molecule has 1 aliphatic rings. The molecule has 1 unspecified atom stereocenters. The highest BCUT2D eigenvalue weighted by Crippen LogP contribution is 2.42. The van der Waals surface area contributed by atoms with Gasteiger partial charge in [-0.25, -0.2) is 0 Å². The van der Waals surface area contributed by atoms with Gasteiger partial charge in [-0.05, 0) is 62.2 Å². The van der Waals surface area contributed by atoms with E-state index in [1.807, 2.05) is 81.4 Å². The highest BCUT2D eigenvalue weighted by Gasteiger charge is 2.43. The molecule has 33 heavy (non-hydrogen) atoms. The van der Waals surface area contributed by atoms with E-state index in [1.54, 1.807) is 11.0 Å². The Morgan fingerprint density at radius 2 is 1.70 bits per heavy atom. The molecule has 0 saturated heterocycles. The van der Waals surface area contributed by atoms with Crippen molar-refractivity contribution in [3.05, 3.63) is 105 Å². The van der Waals surface area contributed by atoms with Crippen LogP contribution in [0.2, 0.25) is 0 Å². The summed E-state index contributed by atoms with van der Waals surface area (Å²) in [4.78, 5) is 29.0. The molecule has 1 atom stereocenters. The maximum absolute atomic E-state index is 13.7. The lowest BCUT2D eigenvalue weighted by Crippen LogP contribution is -2.29. The first-order valence-corrected chi connectivity index (χ1v) is 11.2. The molecule has 1 amide bonds. The molecule has 5 rings (SSSR count). The average Bonchev–Trinajstić information content (AvgIpc) is 3.11. The van der Waals surface area contributed by atoms with Gasteiger partial charge in [0.05, 0.1) is 23.6 Å². The summed E-state index contributed by atoms with van der Waals surface area (Å²) in [7, 11) is 0. The number of fused-ring (bicyclic) bond motifs is 2. The Morgan fingerprint density at radius 1 is 0.939 bits per heavy atom. The van der Waals surface area contributed by atoms with Crippen molar-refractivity contribution in [3.8, 4) is 5.75 Å². The van der Waals surface area contributed by atoms with E-state index in [4.69, 9.17) is 9.15 Å². The van der Waals surface area contributed by atoms with Crippen LogP contribution in [0.15, 0.2) is 75.9 Å². The van der Waals surface area contributed by atoms with E-state index < -0.39 is 6.04 Å². The summed E-state index contributed by atoms with van der Waals surface area (Å²) in [6.45, 7) is 6.57. The van der Waals surface area contributed by atoms with Crippen LogP contribution in [0, 0.1) is 13.8 Å². The summed E-state index contributed by atoms with van der Waals surface area (Å²) in [6.07, 6.45) is 0.888. The fourth-order valence-corrected chi connectivity index (χ4v) is 4.37. The Morgan fingerprint density at radius 3 is 2.45 bits per heavy atom. The summed E-state index contributed by atoms with van der Waals surface area (Å²) < 4.78 is 11.9. The number of benzene rings is 3. The van der Waals surface area contributed by atoms with Crippen molar-refractivity contribution in [2.24, 2.45) is 0 Å². The Hall–Kier alpha value is -3.86. The molecule has 0 bridgehead atoms. The molecule has 3 aromatic carbocycles. The van der Waals surface area contributed by atoms with Crippen LogP contribution in [-0.4, -0.2) is 12.5 Å². The number of hydrogen-bond donors (Lipinski definition) is 0. The van der Waals surface area contributed by atoms with Crippen LogP contribution < -0.4 is 15.1 Å². The molecule has 5 heteroatoms. The predicted molar refractivity (Wildman–Crippen MR) is 129 cm³/mol. The van der Waals surface area contributed by atoms with E-state index in [9.17, 15) is 9.59 Å². The van der Waals surface area contributed by atoms with Crippen LogP contribution in [0.3, 0.4) is 0 Å². The maximum atomic E-state index is 13.7. The highest BCUT2D eigenvalue weighted by molar-refractivity contribution is 6.10. The number of ether oxygens (including phenoxy) is 1. The van der Waals surface area contributed by atoms with E-state index in [-0.39, 0.29) is 17.1 Å². The smallest absolute Gasteiger partial charge is 0.295 e. The highest BCUT2D eigenvalue weighted by atomic mass is 16.5. The third kappa shape index (κ3) is 3.59. The molecule has 5 nitrogen and oxygen atoms in total. The van der Waals surface area contributed by atoms with Crippen molar-refractivity contribution in [2.45, 2.75) is 33.2 Å². The van der Waals surface area contributed by atoms with Crippen LogP contribution in [-0.2, 0) is 0 Å². The van der Waals surface area contributed by atoms with E-state index in [0.29, 0.717) is 34.6 Å².